The van der Waals surface area contributed by atoms with Crippen LogP contribution in [0, 0.1) is 0 Å². The van der Waals surface area contributed by atoms with Gasteiger partial charge >= 0.3 is 0 Å². The molecule has 4 rings (SSSR count). The van der Waals surface area contributed by atoms with Crippen LogP contribution < -0.4 is 20.9 Å². The zero-order chi connectivity index (χ0) is 26.4. The lowest BCUT2D eigenvalue weighted by atomic mass is 10.1. The third-order valence-electron chi connectivity index (χ3n) is 5.52. The summed E-state index contributed by atoms with van der Waals surface area (Å²) in [6.45, 7) is 8.74. The van der Waals surface area contributed by atoms with Gasteiger partial charge in [0, 0.05) is 28.6 Å². The Labute approximate surface area is 217 Å². The maximum absolute atomic E-state index is 6.14. The molecule has 0 radical (unpaired) electrons. The number of hydrogen-bond donors (Lipinski definition) is 2. The molecule has 0 fully saturated rings. The SMILES string of the molecule is CC(C)N=C(N)c1ccc2oc(-c3ccc(OCCOc4ccccc4C(N)=NC(C)C)cc3)cc2c1. The number of para-hydroxylation sites is 1. The van der Waals surface area contributed by atoms with Gasteiger partial charge in [0.1, 0.15) is 47.7 Å². The Morgan fingerprint density at radius 3 is 2.19 bits per heavy atom. The Balaban J connectivity index is 1.37. The molecule has 1 aromatic heterocycles. The van der Waals surface area contributed by atoms with Gasteiger partial charge < -0.3 is 25.4 Å². The normalized spacial score (nSPS) is 12.5. The van der Waals surface area contributed by atoms with Crippen molar-refractivity contribution in [3.05, 3.63) is 83.9 Å². The molecule has 7 nitrogen and oxygen atoms in total. The van der Waals surface area contributed by atoms with Crippen LogP contribution in [0.5, 0.6) is 11.5 Å². The highest BCUT2D eigenvalue weighted by Crippen LogP contribution is 2.30. The van der Waals surface area contributed by atoms with Gasteiger partial charge in [0.25, 0.3) is 0 Å². The summed E-state index contributed by atoms with van der Waals surface area (Å²) in [5, 5.41) is 0.978. The molecule has 4 aromatic rings. The minimum atomic E-state index is 0.111. The fourth-order valence-corrected chi connectivity index (χ4v) is 3.88. The summed E-state index contributed by atoms with van der Waals surface area (Å²) >= 11 is 0. The molecule has 0 aliphatic heterocycles. The standard InChI is InChI=1S/C30H34N4O3/c1-19(2)33-29(31)22-11-14-26-23(17-22)18-28(37-26)21-9-12-24(13-10-21)35-15-16-36-27-8-6-5-7-25(27)30(32)34-20(3)4/h5-14,17-20H,15-16H2,1-4H3,(H2,31,33)(H2,32,34). The fourth-order valence-electron chi connectivity index (χ4n) is 3.88. The molecule has 0 amide bonds. The van der Waals surface area contributed by atoms with Crippen LogP contribution in [-0.2, 0) is 0 Å². The molecule has 0 unspecified atom stereocenters. The molecule has 192 valence electrons. The van der Waals surface area contributed by atoms with Gasteiger partial charge in [0.05, 0.1) is 5.56 Å². The number of amidine groups is 2. The van der Waals surface area contributed by atoms with Gasteiger partial charge in [-0.05, 0) is 88.4 Å². The summed E-state index contributed by atoms with van der Waals surface area (Å²) in [6.07, 6.45) is 0. The van der Waals surface area contributed by atoms with Crippen molar-refractivity contribution in [2.75, 3.05) is 13.2 Å². The maximum atomic E-state index is 6.14. The summed E-state index contributed by atoms with van der Waals surface area (Å²) in [5.74, 6) is 3.21. The van der Waals surface area contributed by atoms with Crippen LogP contribution in [0.4, 0.5) is 0 Å². The zero-order valence-corrected chi connectivity index (χ0v) is 21.8. The van der Waals surface area contributed by atoms with Crippen LogP contribution in [0.25, 0.3) is 22.3 Å². The third kappa shape index (κ3) is 6.70. The highest BCUT2D eigenvalue weighted by molar-refractivity contribution is 6.01. The lowest BCUT2D eigenvalue weighted by Crippen LogP contribution is -2.18. The topological polar surface area (TPSA) is 108 Å². The van der Waals surface area contributed by atoms with Gasteiger partial charge in [-0.1, -0.05) is 12.1 Å². The van der Waals surface area contributed by atoms with Crippen molar-refractivity contribution in [1.29, 1.82) is 0 Å². The smallest absolute Gasteiger partial charge is 0.135 e. The van der Waals surface area contributed by atoms with E-state index in [2.05, 4.69) is 9.98 Å². The van der Waals surface area contributed by atoms with E-state index in [-0.39, 0.29) is 12.1 Å². The monoisotopic (exact) mass is 498 g/mol. The van der Waals surface area contributed by atoms with Crippen molar-refractivity contribution in [3.8, 4) is 22.8 Å². The molecular formula is C30H34N4O3. The molecule has 7 heteroatoms. The van der Waals surface area contributed by atoms with Gasteiger partial charge in [0.15, 0.2) is 0 Å². The predicted molar refractivity (Wildman–Crippen MR) is 151 cm³/mol. The molecule has 0 atom stereocenters. The van der Waals surface area contributed by atoms with Gasteiger partial charge in [-0.15, -0.1) is 0 Å². The maximum Gasteiger partial charge on any atom is 0.135 e. The fraction of sp³-hybridized carbons (Fsp3) is 0.267. The molecule has 3 aromatic carbocycles. The molecule has 0 spiro atoms. The number of ether oxygens (including phenoxy) is 2. The second-order valence-corrected chi connectivity index (χ2v) is 9.30. The Kier molecular flexibility index (Phi) is 8.13. The summed E-state index contributed by atoms with van der Waals surface area (Å²) in [4.78, 5) is 8.85. The van der Waals surface area contributed by atoms with Crippen molar-refractivity contribution in [3.63, 3.8) is 0 Å². The molecule has 0 aliphatic rings. The van der Waals surface area contributed by atoms with Crippen molar-refractivity contribution >= 4 is 22.6 Å². The number of aliphatic imine (C=N–C) groups is 2. The molecular weight excluding hydrogens is 464 g/mol. The van der Waals surface area contributed by atoms with Crippen LogP contribution in [0.2, 0.25) is 0 Å². The molecule has 37 heavy (non-hydrogen) atoms. The van der Waals surface area contributed by atoms with E-state index < -0.39 is 0 Å². The van der Waals surface area contributed by atoms with E-state index in [1.54, 1.807) is 0 Å². The molecule has 0 saturated heterocycles. The number of rotatable bonds is 10. The number of hydrogen-bond acceptors (Lipinski definition) is 5. The second kappa shape index (κ2) is 11.6. The largest absolute Gasteiger partial charge is 0.490 e. The van der Waals surface area contributed by atoms with Gasteiger partial charge in [-0.25, -0.2) is 0 Å². The van der Waals surface area contributed by atoms with E-state index in [9.17, 15) is 0 Å². The Morgan fingerprint density at radius 2 is 1.46 bits per heavy atom. The number of nitrogens with zero attached hydrogens (tertiary/aromatic N) is 2. The van der Waals surface area contributed by atoms with Crippen molar-refractivity contribution in [2.24, 2.45) is 21.5 Å². The first-order chi connectivity index (χ1) is 17.8. The Hall–Kier alpha value is -4.26. The van der Waals surface area contributed by atoms with E-state index in [0.717, 1.165) is 39.2 Å². The Morgan fingerprint density at radius 1 is 0.784 bits per heavy atom. The van der Waals surface area contributed by atoms with Gasteiger partial charge in [-0.2, -0.15) is 0 Å². The molecule has 0 saturated carbocycles. The van der Waals surface area contributed by atoms with E-state index in [1.807, 2.05) is 100 Å². The minimum Gasteiger partial charge on any atom is -0.490 e. The molecule has 0 bridgehead atoms. The first-order valence-corrected chi connectivity index (χ1v) is 12.5. The van der Waals surface area contributed by atoms with E-state index >= 15 is 0 Å². The van der Waals surface area contributed by atoms with Crippen molar-refractivity contribution in [1.82, 2.24) is 0 Å². The zero-order valence-electron chi connectivity index (χ0n) is 21.8. The first kappa shape index (κ1) is 25.8. The van der Waals surface area contributed by atoms with Gasteiger partial charge in [0.2, 0.25) is 0 Å². The molecule has 0 aliphatic carbocycles. The summed E-state index contributed by atoms with van der Waals surface area (Å²) in [5.41, 5.74) is 15.7. The highest BCUT2D eigenvalue weighted by Gasteiger charge is 2.10. The summed E-state index contributed by atoms with van der Waals surface area (Å²) < 4.78 is 17.8. The average molecular weight is 499 g/mol. The van der Waals surface area contributed by atoms with Crippen LogP contribution in [0.15, 0.2) is 87.2 Å². The summed E-state index contributed by atoms with van der Waals surface area (Å²) in [6, 6.07) is 23.5. The van der Waals surface area contributed by atoms with Crippen LogP contribution in [-0.4, -0.2) is 37.0 Å². The molecule has 1 heterocycles. The number of nitrogens with two attached hydrogens (primary N) is 2. The van der Waals surface area contributed by atoms with Crippen LogP contribution in [0.1, 0.15) is 38.8 Å². The van der Waals surface area contributed by atoms with Crippen molar-refractivity contribution in [2.45, 2.75) is 39.8 Å². The number of furan rings is 1. The number of benzene rings is 3. The Bertz CT molecular complexity index is 1400. The third-order valence-corrected chi connectivity index (χ3v) is 5.52. The predicted octanol–water partition coefficient (Wildman–Crippen LogP) is 5.79. The van der Waals surface area contributed by atoms with E-state index in [1.165, 1.54) is 0 Å². The molecule has 4 N–H and O–H groups in total. The quantitative estimate of drug-likeness (QED) is 0.164. The van der Waals surface area contributed by atoms with Crippen molar-refractivity contribution < 1.29 is 13.9 Å². The van der Waals surface area contributed by atoms with Crippen LogP contribution >= 0.6 is 0 Å². The van der Waals surface area contributed by atoms with Gasteiger partial charge in [-0.3, -0.25) is 9.98 Å². The number of fused-ring (bicyclic) bond motifs is 1. The average Bonchev–Trinajstić information content (AvgIpc) is 3.30. The lowest BCUT2D eigenvalue weighted by molar-refractivity contribution is 0.217. The lowest BCUT2D eigenvalue weighted by Gasteiger charge is -2.12. The highest BCUT2D eigenvalue weighted by atomic mass is 16.5. The summed E-state index contributed by atoms with van der Waals surface area (Å²) in [7, 11) is 0. The minimum absolute atomic E-state index is 0.111. The van der Waals surface area contributed by atoms with Crippen LogP contribution in [0.3, 0.4) is 0 Å². The second-order valence-electron chi connectivity index (χ2n) is 9.30. The van der Waals surface area contributed by atoms with E-state index in [4.69, 9.17) is 25.4 Å². The van der Waals surface area contributed by atoms with E-state index in [0.29, 0.717) is 30.6 Å². The first-order valence-electron chi connectivity index (χ1n) is 12.5.